The van der Waals surface area contributed by atoms with Gasteiger partial charge >= 0.3 is 0 Å². The third kappa shape index (κ3) is 2.73. The van der Waals surface area contributed by atoms with Gasteiger partial charge in [0.1, 0.15) is 15.7 Å². The van der Waals surface area contributed by atoms with Crippen LogP contribution in [0.3, 0.4) is 0 Å². The van der Waals surface area contributed by atoms with Crippen LogP contribution in [0.5, 0.6) is 0 Å². The lowest BCUT2D eigenvalue weighted by Gasteiger charge is -2.06. The van der Waals surface area contributed by atoms with Gasteiger partial charge in [-0.3, -0.25) is 0 Å². The Kier molecular flexibility index (Phi) is 3.81. The third-order valence-electron chi connectivity index (χ3n) is 3.06. The number of anilines is 1. The van der Waals surface area contributed by atoms with Gasteiger partial charge in [0.05, 0.1) is 0 Å². The highest BCUT2D eigenvalue weighted by molar-refractivity contribution is 7.99. The fraction of sp³-hybridized carbons (Fsp3) is 0.385. The SMILES string of the molecule is CCNc1nc(Sc2nnc(C)n2C)c2cc(C)sc2n1. The number of aromatic nitrogens is 5. The molecule has 6 nitrogen and oxygen atoms in total. The van der Waals surface area contributed by atoms with E-state index in [1.54, 1.807) is 11.3 Å². The van der Waals surface area contributed by atoms with Crippen LogP contribution < -0.4 is 5.32 Å². The summed E-state index contributed by atoms with van der Waals surface area (Å²) in [6.07, 6.45) is 0. The molecule has 0 unspecified atom stereocenters. The summed E-state index contributed by atoms with van der Waals surface area (Å²) in [5, 5.41) is 14.3. The maximum Gasteiger partial charge on any atom is 0.225 e. The van der Waals surface area contributed by atoms with Crippen LogP contribution in [0.25, 0.3) is 10.2 Å². The quantitative estimate of drug-likeness (QED) is 0.745. The van der Waals surface area contributed by atoms with Gasteiger partial charge < -0.3 is 9.88 Å². The summed E-state index contributed by atoms with van der Waals surface area (Å²) in [5.41, 5.74) is 0. The van der Waals surface area contributed by atoms with Crippen molar-refractivity contribution in [3.63, 3.8) is 0 Å². The Bertz CT molecular complexity index is 791. The van der Waals surface area contributed by atoms with Crippen LogP contribution in [0.4, 0.5) is 5.95 Å². The van der Waals surface area contributed by atoms with Crippen LogP contribution >= 0.6 is 23.1 Å². The van der Waals surface area contributed by atoms with E-state index in [1.807, 2.05) is 25.5 Å². The largest absolute Gasteiger partial charge is 0.354 e. The van der Waals surface area contributed by atoms with Crippen LogP contribution in [-0.2, 0) is 7.05 Å². The van der Waals surface area contributed by atoms with Crippen LogP contribution in [-0.4, -0.2) is 31.3 Å². The van der Waals surface area contributed by atoms with Gasteiger partial charge in [-0.15, -0.1) is 21.5 Å². The molecule has 110 valence electrons. The zero-order valence-electron chi connectivity index (χ0n) is 12.3. The molecule has 0 aliphatic rings. The Labute approximate surface area is 131 Å². The number of aryl methyl sites for hydroxylation is 2. The van der Waals surface area contributed by atoms with Gasteiger partial charge in [-0.2, -0.15) is 0 Å². The van der Waals surface area contributed by atoms with Crippen molar-refractivity contribution in [1.82, 2.24) is 24.7 Å². The summed E-state index contributed by atoms with van der Waals surface area (Å²) in [7, 11) is 1.96. The fourth-order valence-electron chi connectivity index (χ4n) is 1.89. The minimum absolute atomic E-state index is 0.660. The van der Waals surface area contributed by atoms with Crippen molar-refractivity contribution in [1.29, 1.82) is 0 Å². The molecule has 3 heterocycles. The second kappa shape index (κ2) is 5.61. The van der Waals surface area contributed by atoms with E-state index in [9.17, 15) is 0 Å². The molecule has 3 rings (SSSR count). The molecule has 0 aromatic carbocycles. The molecule has 0 aliphatic heterocycles. The van der Waals surface area contributed by atoms with E-state index < -0.39 is 0 Å². The number of rotatable bonds is 4. The first kappa shape index (κ1) is 14.3. The number of fused-ring (bicyclic) bond motifs is 1. The molecular formula is C13H16N6S2. The smallest absolute Gasteiger partial charge is 0.225 e. The molecule has 0 radical (unpaired) electrons. The molecule has 0 aliphatic carbocycles. The van der Waals surface area contributed by atoms with Crippen molar-refractivity contribution >= 4 is 39.3 Å². The van der Waals surface area contributed by atoms with E-state index in [1.165, 1.54) is 16.6 Å². The Morgan fingerprint density at radius 3 is 2.76 bits per heavy atom. The van der Waals surface area contributed by atoms with Crippen LogP contribution in [0.1, 0.15) is 17.6 Å². The van der Waals surface area contributed by atoms with Crippen molar-refractivity contribution in [2.75, 3.05) is 11.9 Å². The topological polar surface area (TPSA) is 68.5 Å². The summed E-state index contributed by atoms with van der Waals surface area (Å²) in [6, 6.07) is 2.13. The number of nitrogens with zero attached hydrogens (tertiary/aromatic N) is 5. The van der Waals surface area contributed by atoms with Crippen molar-refractivity contribution in [2.24, 2.45) is 7.05 Å². The Hall–Kier alpha value is -1.67. The van der Waals surface area contributed by atoms with E-state index >= 15 is 0 Å². The molecule has 0 saturated heterocycles. The van der Waals surface area contributed by atoms with Crippen molar-refractivity contribution in [3.8, 4) is 0 Å². The van der Waals surface area contributed by atoms with Gasteiger partial charge in [0.2, 0.25) is 5.95 Å². The molecule has 0 bridgehead atoms. The Morgan fingerprint density at radius 1 is 1.29 bits per heavy atom. The van der Waals surface area contributed by atoms with Crippen molar-refractivity contribution < 1.29 is 0 Å². The molecule has 0 atom stereocenters. The second-order valence-corrected chi connectivity index (χ2v) is 6.84. The fourth-order valence-corrected chi connectivity index (χ4v) is 3.76. The molecule has 8 heteroatoms. The van der Waals surface area contributed by atoms with Gasteiger partial charge in [0.25, 0.3) is 0 Å². The average molecular weight is 320 g/mol. The van der Waals surface area contributed by atoms with E-state index in [2.05, 4.69) is 38.5 Å². The summed E-state index contributed by atoms with van der Waals surface area (Å²) < 4.78 is 1.96. The zero-order chi connectivity index (χ0) is 15.0. The third-order valence-corrected chi connectivity index (χ3v) is 5.04. The molecule has 1 N–H and O–H groups in total. The second-order valence-electron chi connectivity index (χ2n) is 4.65. The maximum atomic E-state index is 4.62. The molecule has 21 heavy (non-hydrogen) atoms. The highest BCUT2D eigenvalue weighted by Gasteiger charge is 2.15. The summed E-state index contributed by atoms with van der Waals surface area (Å²) >= 11 is 3.20. The van der Waals surface area contributed by atoms with Crippen LogP contribution in [0.2, 0.25) is 0 Å². The number of nitrogens with one attached hydrogen (secondary N) is 1. The van der Waals surface area contributed by atoms with E-state index in [4.69, 9.17) is 0 Å². The van der Waals surface area contributed by atoms with Gasteiger partial charge in [-0.05, 0) is 38.6 Å². The van der Waals surface area contributed by atoms with Crippen LogP contribution in [0.15, 0.2) is 16.2 Å². The first-order valence-corrected chi connectivity index (χ1v) is 8.27. The maximum absolute atomic E-state index is 4.62. The van der Waals surface area contributed by atoms with E-state index in [0.29, 0.717) is 5.95 Å². The molecule has 0 spiro atoms. The minimum atomic E-state index is 0.660. The Balaban J connectivity index is 2.08. The van der Waals surface area contributed by atoms with E-state index in [-0.39, 0.29) is 0 Å². The lowest BCUT2D eigenvalue weighted by molar-refractivity contribution is 0.765. The molecular weight excluding hydrogens is 304 g/mol. The van der Waals surface area contributed by atoms with Gasteiger partial charge in [-0.1, -0.05) is 0 Å². The molecule has 3 aromatic rings. The standard InChI is InChI=1S/C13H16N6S2/c1-5-14-12-15-10-9(6-7(2)20-10)11(16-12)21-13-18-17-8(3)19(13)4/h6H,5H2,1-4H3,(H,14,15,16). The van der Waals surface area contributed by atoms with Crippen LogP contribution in [0, 0.1) is 13.8 Å². The predicted molar refractivity (Wildman–Crippen MR) is 86.2 cm³/mol. The number of thiophene rings is 1. The lowest BCUT2D eigenvalue weighted by atomic mass is 10.4. The minimum Gasteiger partial charge on any atom is -0.354 e. The zero-order valence-corrected chi connectivity index (χ0v) is 14.0. The van der Waals surface area contributed by atoms with E-state index in [0.717, 1.165) is 32.8 Å². The number of hydrogen-bond donors (Lipinski definition) is 1. The molecule has 3 aromatic heterocycles. The first-order chi connectivity index (χ1) is 10.1. The summed E-state index contributed by atoms with van der Waals surface area (Å²) in [6.45, 7) is 6.85. The average Bonchev–Trinajstić information content (AvgIpc) is 2.96. The molecule has 0 saturated carbocycles. The lowest BCUT2D eigenvalue weighted by Crippen LogP contribution is -2.02. The van der Waals surface area contributed by atoms with Gasteiger partial charge in [0.15, 0.2) is 5.16 Å². The normalized spacial score (nSPS) is 11.2. The molecule has 0 fully saturated rings. The first-order valence-electron chi connectivity index (χ1n) is 6.64. The molecule has 0 amide bonds. The highest BCUT2D eigenvalue weighted by atomic mass is 32.2. The van der Waals surface area contributed by atoms with Gasteiger partial charge in [-0.25, -0.2) is 9.97 Å². The van der Waals surface area contributed by atoms with Gasteiger partial charge in [0, 0.05) is 23.9 Å². The summed E-state index contributed by atoms with van der Waals surface area (Å²) in [5.74, 6) is 1.55. The monoisotopic (exact) mass is 320 g/mol. The Morgan fingerprint density at radius 2 is 2.10 bits per heavy atom. The van der Waals surface area contributed by atoms with Crippen molar-refractivity contribution in [3.05, 3.63) is 16.8 Å². The highest BCUT2D eigenvalue weighted by Crippen LogP contribution is 2.35. The van der Waals surface area contributed by atoms with Crippen molar-refractivity contribution in [2.45, 2.75) is 31.0 Å². The summed E-state index contributed by atoms with van der Waals surface area (Å²) in [4.78, 5) is 11.4. The number of hydrogen-bond acceptors (Lipinski definition) is 7. The predicted octanol–water partition coefficient (Wildman–Crippen LogP) is 3.02.